The standard InChI is InChI=1S/C16H27N5O/c1-2-20-8-5-13(6-9-20)19-15-10-16(18-12-17-15)21-7-3-4-14(21)11-22/h10,12-14,22H,2-9,11H2,1H3,(H,17,18,19). The van der Waals surface area contributed by atoms with Crippen LogP contribution in [0.25, 0.3) is 0 Å². The van der Waals surface area contributed by atoms with E-state index in [-0.39, 0.29) is 12.6 Å². The second-order valence-corrected chi connectivity index (χ2v) is 6.29. The summed E-state index contributed by atoms with van der Waals surface area (Å²) >= 11 is 0. The highest BCUT2D eigenvalue weighted by molar-refractivity contribution is 5.50. The largest absolute Gasteiger partial charge is 0.394 e. The van der Waals surface area contributed by atoms with E-state index < -0.39 is 0 Å². The first-order chi connectivity index (χ1) is 10.8. The molecule has 1 atom stereocenters. The summed E-state index contributed by atoms with van der Waals surface area (Å²) in [6.07, 6.45) is 6.12. The maximum atomic E-state index is 9.47. The molecule has 0 aliphatic carbocycles. The first-order valence-corrected chi connectivity index (χ1v) is 8.48. The number of anilines is 2. The number of aliphatic hydroxyl groups is 1. The molecule has 3 heterocycles. The van der Waals surface area contributed by atoms with Crippen molar-refractivity contribution >= 4 is 11.6 Å². The number of hydrogen-bond donors (Lipinski definition) is 2. The van der Waals surface area contributed by atoms with Crippen molar-refractivity contribution in [1.29, 1.82) is 0 Å². The molecule has 1 aromatic rings. The van der Waals surface area contributed by atoms with Gasteiger partial charge in [-0.05, 0) is 32.2 Å². The van der Waals surface area contributed by atoms with Crippen molar-refractivity contribution in [2.45, 2.75) is 44.7 Å². The molecule has 0 aromatic carbocycles. The molecule has 2 N–H and O–H groups in total. The molecular weight excluding hydrogens is 278 g/mol. The Kier molecular flexibility index (Phi) is 5.10. The summed E-state index contributed by atoms with van der Waals surface area (Å²) in [4.78, 5) is 13.5. The van der Waals surface area contributed by atoms with Gasteiger partial charge in [0, 0.05) is 31.7 Å². The van der Waals surface area contributed by atoms with E-state index in [0.29, 0.717) is 6.04 Å². The number of likely N-dealkylation sites (tertiary alicyclic amines) is 1. The van der Waals surface area contributed by atoms with E-state index in [4.69, 9.17) is 0 Å². The summed E-state index contributed by atoms with van der Waals surface area (Å²) in [6, 6.07) is 2.73. The van der Waals surface area contributed by atoms with Crippen LogP contribution in [0.3, 0.4) is 0 Å². The summed E-state index contributed by atoms with van der Waals surface area (Å²) in [5.41, 5.74) is 0. The van der Waals surface area contributed by atoms with E-state index in [0.717, 1.165) is 63.5 Å². The van der Waals surface area contributed by atoms with Crippen molar-refractivity contribution in [1.82, 2.24) is 14.9 Å². The van der Waals surface area contributed by atoms with Crippen molar-refractivity contribution in [3.8, 4) is 0 Å². The summed E-state index contributed by atoms with van der Waals surface area (Å²) in [7, 11) is 0. The Morgan fingerprint density at radius 3 is 2.77 bits per heavy atom. The van der Waals surface area contributed by atoms with E-state index in [9.17, 15) is 5.11 Å². The number of rotatable bonds is 5. The summed E-state index contributed by atoms with van der Waals surface area (Å²) in [5, 5.41) is 13.0. The molecule has 1 unspecified atom stereocenters. The molecule has 2 fully saturated rings. The molecule has 22 heavy (non-hydrogen) atoms. The van der Waals surface area contributed by atoms with Crippen LogP contribution in [0.1, 0.15) is 32.6 Å². The summed E-state index contributed by atoms with van der Waals surface area (Å²) in [6.45, 7) is 6.84. The Morgan fingerprint density at radius 2 is 2.05 bits per heavy atom. The van der Waals surface area contributed by atoms with Gasteiger partial charge in [0.1, 0.15) is 18.0 Å². The van der Waals surface area contributed by atoms with E-state index in [1.807, 2.05) is 6.07 Å². The fourth-order valence-corrected chi connectivity index (χ4v) is 3.51. The fraction of sp³-hybridized carbons (Fsp3) is 0.750. The number of nitrogens with one attached hydrogen (secondary N) is 1. The molecule has 0 radical (unpaired) electrons. The quantitative estimate of drug-likeness (QED) is 0.856. The number of nitrogens with zero attached hydrogens (tertiary/aromatic N) is 4. The van der Waals surface area contributed by atoms with Crippen LogP contribution in [-0.4, -0.2) is 64.8 Å². The third-order valence-corrected chi connectivity index (χ3v) is 4.92. The minimum atomic E-state index is 0.197. The van der Waals surface area contributed by atoms with Gasteiger partial charge in [0.25, 0.3) is 0 Å². The lowest BCUT2D eigenvalue weighted by atomic mass is 10.1. The number of aliphatic hydroxyl groups excluding tert-OH is 1. The highest BCUT2D eigenvalue weighted by Gasteiger charge is 2.25. The molecule has 6 heteroatoms. The van der Waals surface area contributed by atoms with Crippen molar-refractivity contribution < 1.29 is 5.11 Å². The Labute approximate surface area is 132 Å². The molecule has 0 bridgehead atoms. The molecule has 0 amide bonds. The molecule has 2 saturated heterocycles. The van der Waals surface area contributed by atoms with Crippen LogP contribution in [0.4, 0.5) is 11.6 Å². The van der Waals surface area contributed by atoms with Crippen LogP contribution in [0.5, 0.6) is 0 Å². The van der Waals surface area contributed by atoms with Gasteiger partial charge in [-0.25, -0.2) is 9.97 Å². The molecule has 2 aliphatic heterocycles. The molecular formula is C16H27N5O. The molecule has 0 saturated carbocycles. The number of hydrogen-bond acceptors (Lipinski definition) is 6. The first-order valence-electron chi connectivity index (χ1n) is 8.48. The van der Waals surface area contributed by atoms with E-state index in [1.165, 1.54) is 0 Å². The van der Waals surface area contributed by atoms with Crippen molar-refractivity contribution in [3.63, 3.8) is 0 Å². The maximum Gasteiger partial charge on any atom is 0.134 e. The average molecular weight is 305 g/mol. The topological polar surface area (TPSA) is 64.5 Å². The lowest BCUT2D eigenvalue weighted by Crippen LogP contribution is -2.39. The average Bonchev–Trinajstić information content (AvgIpc) is 3.04. The second kappa shape index (κ2) is 7.24. The molecule has 3 rings (SSSR count). The zero-order chi connectivity index (χ0) is 15.4. The van der Waals surface area contributed by atoms with Gasteiger partial charge in [0.2, 0.25) is 0 Å². The van der Waals surface area contributed by atoms with Gasteiger partial charge >= 0.3 is 0 Å². The number of aromatic nitrogens is 2. The van der Waals surface area contributed by atoms with Gasteiger partial charge in [-0.3, -0.25) is 0 Å². The van der Waals surface area contributed by atoms with Crippen LogP contribution in [0, 0.1) is 0 Å². The van der Waals surface area contributed by atoms with Crippen LogP contribution in [0.2, 0.25) is 0 Å². The first kappa shape index (κ1) is 15.5. The van der Waals surface area contributed by atoms with Gasteiger partial charge in [0.05, 0.1) is 12.6 Å². The smallest absolute Gasteiger partial charge is 0.134 e. The minimum Gasteiger partial charge on any atom is -0.394 e. The van der Waals surface area contributed by atoms with E-state index >= 15 is 0 Å². The Bertz CT molecular complexity index is 475. The summed E-state index contributed by atoms with van der Waals surface area (Å²) in [5.74, 6) is 1.84. The van der Waals surface area contributed by atoms with Gasteiger partial charge in [-0.1, -0.05) is 6.92 Å². The Morgan fingerprint density at radius 1 is 1.23 bits per heavy atom. The second-order valence-electron chi connectivity index (χ2n) is 6.29. The van der Waals surface area contributed by atoms with Gasteiger partial charge in [-0.2, -0.15) is 0 Å². The van der Waals surface area contributed by atoms with Gasteiger partial charge in [-0.15, -0.1) is 0 Å². The normalized spacial score (nSPS) is 23.9. The number of piperidine rings is 1. The minimum absolute atomic E-state index is 0.197. The molecule has 122 valence electrons. The van der Waals surface area contributed by atoms with Crippen LogP contribution in [0.15, 0.2) is 12.4 Å². The highest BCUT2D eigenvalue weighted by atomic mass is 16.3. The maximum absolute atomic E-state index is 9.47. The molecule has 2 aliphatic rings. The Hall–Kier alpha value is -1.40. The van der Waals surface area contributed by atoms with Crippen LogP contribution in [-0.2, 0) is 0 Å². The highest BCUT2D eigenvalue weighted by Crippen LogP contribution is 2.25. The van der Waals surface area contributed by atoms with Gasteiger partial charge < -0.3 is 20.2 Å². The van der Waals surface area contributed by atoms with Crippen molar-refractivity contribution in [2.75, 3.05) is 43.0 Å². The third-order valence-electron chi connectivity index (χ3n) is 4.92. The zero-order valence-corrected chi connectivity index (χ0v) is 13.4. The fourth-order valence-electron chi connectivity index (χ4n) is 3.51. The monoisotopic (exact) mass is 305 g/mol. The van der Waals surface area contributed by atoms with E-state index in [2.05, 4.69) is 32.0 Å². The van der Waals surface area contributed by atoms with Crippen LogP contribution < -0.4 is 10.2 Å². The van der Waals surface area contributed by atoms with Gasteiger partial charge in [0.15, 0.2) is 0 Å². The molecule has 0 spiro atoms. The third kappa shape index (κ3) is 3.50. The summed E-state index contributed by atoms with van der Waals surface area (Å²) < 4.78 is 0. The van der Waals surface area contributed by atoms with Crippen molar-refractivity contribution in [3.05, 3.63) is 12.4 Å². The zero-order valence-electron chi connectivity index (χ0n) is 13.4. The lowest BCUT2D eigenvalue weighted by molar-refractivity contribution is 0.229. The molecule has 6 nitrogen and oxygen atoms in total. The SMILES string of the molecule is CCN1CCC(Nc2cc(N3CCCC3CO)ncn2)CC1. The predicted molar refractivity (Wildman–Crippen MR) is 88.2 cm³/mol. The van der Waals surface area contributed by atoms with Crippen molar-refractivity contribution in [2.24, 2.45) is 0 Å². The predicted octanol–water partition coefficient (Wildman–Crippen LogP) is 1.33. The van der Waals surface area contributed by atoms with E-state index in [1.54, 1.807) is 6.33 Å². The lowest BCUT2D eigenvalue weighted by Gasteiger charge is -2.32. The van der Waals surface area contributed by atoms with Crippen LogP contribution >= 0.6 is 0 Å². The molecule has 1 aromatic heterocycles. The Balaban J connectivity index is 1.62.